The smallest absolute Gasteiger partial charge is 0.123 e. The fourth-order valence-electron chi connectivity index (χ4n) is 2.25. The van der Waals surface area contributed by atoms with Gasteiger partial charge in [0.1, 0.15) is 24.3 Å². The number of rotatable bonds is 7. The van der Waals surface area contributed by atoms with Crippen molar-refractivity contribution < 1.29 is 9.84 Å². The molecule has 0 aliphatic rings. The lowest BCUT2D eigenvalue weighted by molar-refractivity contribution is 0.0911. The molecule has 1 aromatic heterocycles. The molecule has 0 spiro atoms. The quantitative estimate of drug-likeness (QED) is 0.816. The standard InChI is InChI=1S/C16H23N3O2/c1-12(2)16-18-7-8-19(16)10-14(20)11-21-15-6-4-3-5-13(15)9-17/h3-8,12,14,20H,9-11,17H2,1-2H3. The first-order valence-corrected chi connectivity index (χ1v) is 7.21. The number of aromatic nitrogens is 2. The van der Waals surface area contributed by atoms with E-state index in [0.29, 0.717) is 19.0 Å². The van der Waals surface area contributed by atoms with Crippen LogP contribution in [0.25, 0.3) is 0 Å². The van der Waals surface area contributed by atoms with Crippen LogP contribution in [0, 0.1) is 0 Å². The largest absolute Gasteiger partial charge is 0.490 e. The Morgan fingerprint density at radius 3 is 2.81 bits per heavy atom. The second-order valence-corrected chi connectivity index (χ2v) is 5.37. The van der Waals surface area contributed by atoms with Gasteiger partial charge < -0.3 is 20.1 Å². The van der Waals surface area contributed by atoms with Crippen LogP contribution < -0.4 is 10.5 Å². The molecule has 0 saturated carbocycles. The molecule has 1 atom stereocenters. The Morgan fingerprint density at radius 1 is 1.33 bits per heavy atom. The number of benzene rings is 1. The molecule has 0 bridgehead atoms. The first-order chi connectivity index (χ1) is 10.1. The van der Waals surface area contributed by atoms with E-state index in [1.807, 2.05) is 35.0 Å². The Labute approximate surface area is 125 Å². The fourth-order valence-corrected chi connectivity index (χ4v) is 2.25. The molecule has 0 radical (unpaired) electrons. The fraction of sp³-hybridized carbons (Fsp3) is 0.438. The molecule has 1 aromatic carbocycles. The van der Waals surface area contributed by atoms with Crippen molar-refractivity contribution in [3.05, 3.63) is 48.0 Å². The molecule has 1 unspecified atom stereocenters. The predicted molar refractivity (Wildman–Crippen MR) is 82.2 cm³/mol. The van der Waals surface area contributed by atoms with Crippen molar-refractivity contribution in [2.24, 2.45) is 5.73 Å². The molecule has 0 aliphatic heterocycles. The second-order valence-electron chi connectivity index (χ2n) is 5.37. The molecule has 0 amide bonds. The highest BCUT2D eigenvalue weighted by Gasteiger charge is 2.12. The third kappa shape index (κ3) is 4.06. The molecular formula is C16H23N3O2. The first kappa shape index (κ1) is 15.5. The van der Waals surface area contributed by atoms with Gasteiger partial charge in [-0.3, -0.25) is 0 Å². The summed E-state index contributed by atoms with van der Waals surface area (Å²) in [7, 11) is 0. The van der Waals surface area contributed by atoms with Crippen LogP contribution in [0.2, 0.25) is 0 Å². The summed E-state index contributed by atoms with van der Waals surface area (Å²) in [6.45, 7) is 5.29. The van der Waals surface area contributed by atoms with Gasteiger partial charge in [-0.05, 0) is 6.07 Å². The summed E-state index contributed by atoms with van der Waals surface area (Å²) >= 11 is 0. The average Bonchev–Trinajstić information content (AvgIpc) is 2.93. The lowest BCUT2D eigenvalue weighted by atomic mass is 10.2. The van der Waals surface area contributed by atoms with E-state index in [9.17, 15) is 5.11 Å². The summed E-state index contributed by atoms with van der Waals surface area (Å²) in [6.07, 6.45) is 3.04. The molecule has 3 N–H and O–H groups in total. The summed E-state index contributed by atoms with van der Waals surface area (Å²) in [6, 6.07) is 7.61. The third-order valence-corrected chi connectivity index (χ3v) is 3.30. The molecule has 2 rings (SSSR count). The van der Waals surface area contributed by atoms with Gasteiger partial charge in [0.25, 0.3) is 0 Å². The van der Waals surface area contributed by atoms with E-state index in [4.69, 9.17) is 10.5 Å². The maximum Gasteiger partial charge on any atom is 0.123 e. The van der Waals surface area contributed by atoms with Crippen molar-refractivity contribution >= 4 is 0 Å². The number of hydrogen-bond acceptors (Lipinski definition) is 4. The van der Waals surface area contributed by atoms with Crippen LogP contribution in [-0.2, 0) is 13.1 Å². The first-order valence-electron chi connectivity index (χ1n) is 7.21. The van der Waals surface area contributed by atoms with Crippen LogP contribution in [0.3, 0.4) is 0 Å². The molecule has 1 heterocycles. The lowest BCUT2D eigenvalue weighted by Gasteiger charge is -2.17. The number of nitrogens with zero attached hydrogens (tertiary/aromatic N) is 2. The highest BCUT2D eigenvalue weighted by Crippen LogP contribution is 2.18. The van der Waals surface area contributed by atoms with E-state index in [-0.39, 0.29) is 6.61 Å². The number of aliphatic hydroxyl groups is 1. The number of aliphatic hydroxyl groups excluding tert-OH is 1. The average molecular weight is 289 g/mol. The number of para-hydroxylation sites is 1. The third-order valence-electron chi connectivity index (χ3n) is 3.30. The van der Waals surface area contributed by atoms with Crippen LogP contribution in [0.1, 0.15) is 31.2 Å². The van der Waals surface area contributed by atoms with Gasteiger partial charge in [0.05, 0.1) is 6.54 Å². The highest BCUT2D eigenvalue weighted by atomic mass is 16.5. The van der Waals surface area contributed by atoms with Crippen molar-refractivity contribution in [2.45, 2.75) is 39.0 Å². The van der Waals surface area contributed by atoms with Gasteiger partial charge in [-0.2, -0.15) is 0 Å². The Kier molecular flexibility index (Phi) is 5.36. The van der Waals surface area contributed by atoms with Crippen LogP contribution in [0.15, 0.2) is 36.7 Å². The summed E-state index contributed by atoms with van der Waals surface area (Å²) in [5.41, 5.74) is 6.60. The molecule has 5 heteroatoms. The van der Waals surface area contributed by atoms with Gasteiger partial charge in [0, 0.05) is 30.4 Å². The predicted octanol–water partition coefficient (Wildman–Crippen LogP) is 1.91. The minimum absolute atomic E-state index is 0.229. The SMILES string of the molecule is CC(C)c1nccn1CC(O)COc1ccccc1CN. The minimum Gasteiger partial charge on any atom is -0.490 e. The number of ether oxygens (including phenoxy) is 1. The summed E-state index contributed by atoms with van der Waals surface area (Å²) in [4.78, 5) is 4.31. The Morgan fingerprint density at radius 2 is 2.10 bits per heavy atom. The van der Waals surface area contributed by atoms with Gasteiger partial charge in [0.2, 0.25) is 0 Å². The highest BCUT2D eigenvalue weighted by molar-refractivity contribution is 5.32. The zero-order valence-corrected chi connectivity index (χ0v) is 12.6. The maximum atomic E-state index is 10.1. The molecule has 0 saturated heterocycles. The molecule has 0 fully saturated rings. The summed E-state index contributed by atoms with van der Waals surface area (Å²) < 4.78 is 7.64. The number of hydrogen-bond donors (Lipinski definition) is 2. The van der Waals surface area contributed by atoms with E-state index < -0.39 is 6.10 Å². The Balaban J connectivity index is 1.93. The zero-order chi connectivity index (χ0) is 15.2. The Bertz CT molecular complexity index is 566. The van der Waals surface area contributed by atoms with Gasteiger partial charge in [-0.15, -0.1) is 0 Å². The zero-order valence-electron chi connectivity index (χ0n) is 12.6. The normalized spacial score (nSPS) is 12.6. The van der Waals surface area contributed by atoms with Crippen LogP contribution in [-0.4, -0.2) is 27.4 Å². The van der Waals surface area contributed by atoms with Gasteiger partial charge in [-0.25, -0.2) is 4.98 Å². The van der Waals surface area contributed by atoms with Crippen molar-refractivity contribution in [3.8, 4) is 5.75 Å². The molecular weight excluding hydrogens is 266 g/mol. The summed E-state index contributed by atoms with van der Waals surface area (Å²) in [5, 5.41) is 10.1. The van der Waals surface area contributed by atoms with Crippen molar-refractivity contribution in [3.63, 3.8) is 0 Å². The monoisotopic (exact) mass is 289 g/mol. The molecule has 0 aliphatic carbocycles. The number of nitrogens with two attached hydrogens (primary N) is 1. The minimum atomic E-state index is -0.595. The molecule has 2 aromatic rings. The van der Waals surface area contributed by atoms with E-state index in [2.05, 4.69) is 18.8 Å². The molecule has 114 valence electrons. The van der Waals surface area contributed by atoms with Gasteiger partial charge >= 0.3 is 0 Å². The van der Waals surface area contributed by atoms with E-state index in [1.54, 1.807) is 6.20 Å². The van der Waals surface area contributed by atoms with Gasteiger partial charge in [0.15, 0.2) is 0 Å². The van der Waals surface area contributed by atoms with E-state index >= 15 is 0 Å². The van der Waals surface area contributed by atoms with Crippen molar-refractivity contribution in [1.82, 2.24) is 9.55 Å². The van der Waals surface area contributed by atoms with Crippen LogP contribution >= 0.6 is 0 Å². The lowest BCUT2D eigenvalue weighted by Crippen LogP contribution is -2.25. The van der Waals surface area contributed by atoms with Gasteiger partial charge in [-0.1, -0.05) is 32.0 Å². The Hall–Kier alpha value is -1.85. The second kappa shape index (κ2) is 7.24. The maximum absolute atomic E-state index is 10.1. The van der Waals surface area contributed by atoms with Crippen molar-refractivity contribution in [1.29, 1.82) is 0 Å². The molecule has 5 nitrogen and oxygen atoms in total. The summed E-state index contributed by atoms with van der Waals surface area (Å²) in [5.74, 6) is 2.02. The number of imidazole rings is 1. The van der Waals surface area contributed by atoms with Crippen molar-refractivity contribution in [2.75, 3.05) is 6.61 Å². The topological polar surface area (TPSA) is 73.3 Å². The van der Waals surface area contributed by atoms with Crippen LogP contribution in [0.4, 0.5) is 0 Å². The van der Waals surface area contributed by atoms with E-state index in [1.165, 1.54) is 0 Å². The van der Waals surface area contributed by atoms with E-state index in [0.717, 1.165) is 17.1 Å². The molecule has 21 heavy (non-hydrogen) atoms. The van der Waals surface area contributed by atoms with Crippen LogP contribution in [0.5, 0.6) is 5.75 Å².